The Hall–Kier alpha value is -2.25. The van der Waals surface area contributed by atoms with Gasteiger partial charge in [0.15, 0.2) is 0 Å². The van der Waals surface area contributed by atoms with E-state index in [0.717, 1.165) is 37.7 Å². The first-order valence-corrected chi connectivity index (χ1v) is 10.3. The Bertz CT molecular complexity index is 827. The lowest BCUT2D eigenvalue weighted by molar-refractivity contribution is -0.136. The lowest BCUT2D eigenvalue weighted by Crippen LogP contribution is -2.53. The van der Waals surface area contributed by atoms with Crippen LogP contribution in [-0.2, 0) is 22.7 Å². The van der Waals surface area contributed by atoms with E-state index in [4.69, 9.17) is 0 Å². The van der Waals surface area contributed by atoms with Gasteiger partial charge in [-0.1, -0.05) is 12.1 Å². The number of amides is 3. The van der Waals surface area contributed by atoms with Gasteiger partial charge in [-0.25, -0.2) is 0 Å². The Labute approximate surface area is 164 Å². The maximum atomic E-state index is 12.8. The van der Waals surface area contributed by atoms with Gasteiger partial charge in [0.25, 0.3) is 5.91 Å². The molecule has 3 unspecified atom stereocenters. The summed E-state index contributed by atoms with van der Waals surface area (Å²) in [5.74, 6) is 0.0743. The molecule has 4 aliphatic heterocycles. The van der Waals surface area contributed by atoms with Crippen LogP contribution in [0.25, 0.3) is 0 Å². The summed E-state index contributed by atoms with van der Waals surface area (Å²) < 4.78 is 0. The van der Waals surface area contributed by atoms with E-state index < -0.39 is 6.04 Å². The van der Waals surface area contributed by atoms with Gasteiger partial charge in [0.05, 0.1) is 0 Å². The molecule has 7 heteroatoms. The smallest absolute Gasteiger partial charge is 0.255 e. The first-order chi connectivity index (χ1) is 13.6. The van der Waals surface area contributed by atoms with Crippen LogP contribution in [0.1, 0.15) is 47.2 Å². The van der Waals surface area contributed by atoms with Crippen molar-refractivity contribution in [3.63, 3.8) is 0 Å². The molecular weight excluding hydrogens is 356 g/mol. The molecule has 3 saturated heterocycles. The number of imide groups is 1. The third-order valence-electron chi connectivity index (χ3n) is 6.59. The molecule has 7 nitrogen and oxygen atoms in total. The van der Waals surface area contributed by atoms with Gasteiger partial charge in [-0.2, -0.15) is 0 Å². The van der Waals surface area contributed by atoms with Crippen LogP contribution in [-0.4, -0.2) is 59.2 Å². The Morgan fingerprint density at radius 2 is 2.00 bits per heavy atom. The third-order valence-corrected chi connectivity index (χ3v) is 6.59. The quantitative estimate of drug-likeness (QED) is 0.750. The molecule has 148 valence electrons. The molecule has 1 aromatic carbocycles. The van der Waals surface area contributed by atoms with E-state index in [1.54, 1.807) is 4.90 Å². The molecule has 0 radical (unpaired) electrons. The number of hydrogen-bond donors (Lipinski definition) is 2. The van der Waals surface area contributed by atoms with Crippen LogP contribution in [0.15, 0.2) is 18.2 Å². The fourth-order valence-electron chi connectivity index (χ4n) is 5.26. The van der Waals surface area contributed by atoms with Gasteiger partial charge in [-0.05, 0) is 48.9 Å². The second-order valence-electron chi connectivity index (χ2n) is 8.63. The summed E-state index contributed by atoms with van der Waals surface area (Å²) in [7, 11) is 0. The number of nitrogens with one attached hydrogen (secondary N) is 2. The van der Waals surface area contributed by atoms with Gasteiger partial charge < -0.3 is 10.2 Å². The van der Waals surface area contributed by atoms with Crippen molar-refractivity contribution >= 4 is 17.7 Å². The van der Waals surface area contributed by atoms with Crippen LogP contribution in [0.4, 0.5) is 0 Å². The highest BCUT2D eigenvalue weighted by atomic mass is 16.2. The van der Waals surface area contributed by atoms with Gasteiger partial charge in [-0.15, -0.1) is 0 Å². The van der Waals surface area contributed by atoms with Crippen molar-refractivity contribution in [2.24, 2.45) is 5.92 Å². The second kappa shape index (κ2) is 6.97. The zero-order valence-corrected chi connectivity index (χ0v) is 15.9. The largest absolute Gasteiger partial charge is 0.322 e. The molecule has 0 spiro atoms. The van der Waals surface area contributed by atoms with Crippen molar-refractivity contribution in [2.75, 3.05) is 19.6 Å². The molecule has 3 atom stereocenters. The van der Waals surface area contributed by atoms with E-state index >= 15 is 0 Å². The molecule has 0 aromatic heterocycles. The van der Waals surface area contributed by atoms with Crippen LogP contribution in [0, 0.1) is 5.92 Å². The summed E-state index contributed by atoms with van der Waals surface area (Å²) in [4.78, 5) is 40.5. The zero-order chi connectivity index (χ0) is 19.3. The number of benzene rings is 1. The van der Waals surface area contributed by atoms with Gasteiger partial charge >= 0.3 is 0 Å². The molecule has 3 amide bonds. The monoisotopic (exact) mass is 382 g/mol. The second-order valence-corrected chi connectivity index (χ2v) is 8.63. The summed E-state index contributed by atoms with van der Waals surface area (Å²) in [6.45, 7) is 4.71. The predicted octanol–water partition coefficient (Wildman–Crippen LogP) is 0.631. The first-order valence-electron chi connectivity index (χ1n) is 10.3. The summed E-state index contributed by atoms with van der Waals surface area (Å²) in [6.07, 6.45) is 3.23. The SMILES string of the molecule is O=C1CCC(N2Cc3cc(CN4CC5CCNC(C5)C4)ccc3C2=O)C(=O)N1. The van der Waals surface area contributed by atoms with Crippen molar-refractivity contribution in [1.29, 1.82) is 0 Å². The third kappa shape index (κ3) is 3.22. The highest BCUT2D eigenvalue weighted by Crippen LogP contribution is 2.29. The number of likely N-dealkylation sites (tertiary alicyclic amines) is 1. The molecule has 5 rings (SSSR count). The minimum absolute atomic E-state index is 0.104. The fourth-order valence-corrected chi connectivity index (χ4v) is 5.26. The van der Waals surface area contributed by atoms with Crippen molar-refractivity contribution < 1.29 is 14.4 Å². The summed E-state index contributed by atoms with van der Waals surface area (Å²) >= 11 is 0. The molecule has 0 saturated carbocycles. The standard InChI is InChI=1S/C21H26N4O3/c26-19-4-3-18(20(27)23-19)25-11-15-7-13(1-2-17(15)21(25)28)9-24-10-14-5-6-22-16(8-14)12-24/h1-2,7,14,16,18,22H,3-6,8-12H2,(H,23,26,27). The molecule has 3 fully saturated rings. The van der Waals surface area contributed by atoms with Crippen LogP contribution in [0.2, 0.25) is 0 Å². The molecule has 4 aliphatic rings. The fraction of sp³-hybridized carbons (Fsp3) is 0.571. The van der Waals surface area contributed by atoms with E-state index in [-0.39, 0.29) is 24.1 Å². The number of nitrogens with zero attached hydrogens (tertiary/aromatic N) is 2. The van der Waals surface area contributed by atoms with Gasteiger partial charge in [0.2, 0.25) is 11.8 Å². The molecule has 4 heterocycles. The predicted molar refractivity (Wildman–Crippen MR) is 102 cm³/mol. The number of piperidine rings is 3. The maximum Gasteiger partial charge on any atom is 0.255 e. The number of carbonyl (C=O) groups is 3. The van der Waals surface area contributed by atoms with E-state index in [0.29, 0.717) is 24.6 Å². The zero-order valence-electron chi connectivity index (χ0n) is 15.9. The maximum absolute atomic E-state index is 12.8. The summed E-state index contributed by atoms with van der Waals surface area (Å²) in [6, 6.07) is 6.13. The van der Waals surface area contributed by atoms with Crippen molar-refractivity contribution in [1.82, 2.24) is 20.4 Å². The van der Waals surface area contributed by atoms with Crippen LogP contribution in [0.5, 0.6) is 0 Å². The molecule has 2 N–H and O–H groups in total. The minimum Gasteiger partial charge on any atom is -0.322 e. The number of fused-ring (bicyclic) bond motifs is 3. The highest BCUT2D eigenvalue weighted by Gasteiger charge is 2.39. The topological polar surface area (TPSA) is 81.8 Å². The minimum atomic E-state index is -0.548. The Kier molecular flexibility index (Phi) is 4.44. The van der Waals surface area contributed by atoms with Gasteiger partial charge in [0.1, 0.15) is 6.04 Å². The van der Waals surface area contributed by atoms with E-state index in [1.165, 1.54) is 18.4 Å². The van der Waals surface area contributed by atoms with E-state index in [2.05, 4.69) is 21.6 Å². The Balaban J connectivity index is 1.29. The molecule has 0 aliphatic carbocycles. The number of rotatable bonds is 3. The van der Waals surface area contributed by atoms with Gasteiger partial charge in [0, 0.05) is 44.2 Å². The summed E-state index contributed by atoms with van der Waals surface area (Å²) in [5.41, 5.74) is 2.89. The normalized spacial score (nSPS) is 30.4. The van der Waals surface area contributed by atoms with Crippen molar-refractivity contribution in [3.05, 3.63) is 34.9 Å². The van der Waals surface area contributed by atoms with Crippen molar-refractivity contribution in [3.8, 4) is 0 Å². The van der Waals surface area contributed by atoms with Crippen LogP contribution in [0.3, 0.4) is 0 Å². The lowest BCUT2D eigenvalue weighted by atomic mass is 9.88. The number of hydrogen-bond acceptors (Lipinski definition) is 5. The summed E-state index contributed by atoms with van der Waals surface area (Å²) in [5, 5.41) is 5.96. The number of carbonyl (C=O) groups excluding carboxylic acids is 3. The molecule has 1 aromatic rings. The van der Waals surface area contributed by atoms with Crippen molar-refractivity contribution in [2.45, 2.75) is 50.9 Å². The van der Waals surface area contributed by atoms with Crippen LogP contribution >= 0.6 is 0 Å². The molecule has 28 heavy (non-hydrogen) atoms. The van der Waals surface area contributed by atoms with E-state index in [1.807, 2.05) is 12.1 Å². The van der Waals surface area contributed by atoms with E-state index in [9.17, 15) is 14.4 Å². The molecular formula is C21H26N4O3. The highest BCUT2D eigenvalue weighted by molar-refractivity contribution is 6.05. The van der Waals surface area contributed by atoms with Crippen LogP contribution < -0.4 is 10.6 Å². The Morgan fingerprint density at radius 3 is 2.82 bits per heavy atom. The lowest BCUT2D eigenvalue weighted by Gasteiger charge is -2.42. The van der Waals surface area contributed by atoms with Gasteiger partial charge in [-0.3, -0.25) is 24.6 Å². The first kappa shape index (κ1) is 17.8. The molecule has 2 bridgehead atoms. The average Bonchev–Trinajstić information content (AvgIpc) is 2.97. The Morgan fingerprint density at radius 1 is 1.11 bits per heavy atom. The average molecular weight is 382 g/mol.